The van der Waals surface area contributed by atoms with Gasteiger partial charge in [-0.3, -0.25) is 0 Å². The van der Waals surface area contributed by atoms with E-state index in [0.717, 1.165) is 20.9 Å². The molecule has 0 amide bonds. The van der Waals surface area contributed by atoms with Gasteiger partial charge in [-0.1, -0.05) is 28.1 Å². The van der Waals surface area contributed by atoms with E-state index in [9.17, 15) is 8.42 Å². The maximum absolute atomic E-state index is 11.7. The highest BCUT2D eigenvalue weighted by Crippen LogP contribution is 2.22. The summed E-state index contributed by atoms with van der Waals surface area (Å²) >= 11 is 3.45. The van der Waals surface area contributed by atoms with E-state index in [0.29, 0.717) is 6.54 Å². The molecule has 0 aromatic heterocycles. The maximum atomic E-state index is 11.7. The van der Waals surface area contributed by atoms with Crippen molar-refractivity contribution in [1.29, 1.82) is 0 Å². The van der Waals surface area contributed by atoms with Crippen molar-refractivity contribution in [1.82, 2.24) is 0 Å². The Labute approximate surface area is 128 Å². The first-order chi connectivity index (χ1) is 9.38. The van der Waals surface area contributed by atoms with Crippen LogP contribution in [0.15, 0.2) is 40.9 Å². The highest BCUT2D eigenvalue weighted by molar-refractivity contribution is 9.10. The topological polar surface area (TPSA) is 46.2 Å². The molecule has 20 heavy (non-hydrogen) atoms. The molecule has 2 aromatic rings. The second kappa shape index (κ2) is 6.14. The lowest BCUT2D eigenvalue weighted by atomic mass is 10.1. The highest BCUT2D eigenvalue weighted by atomic mass is 79.9. The van der Waals surface area contributed by atoms with Crippen molar-refractivity contribution in [3.63, 3.8) is 0 Å². The van der Waals surface area contributed by atoms with E-state index >= 15 is 0 Å². The minimum atomic E-state index is -2.99. The summed E-state index contributed by atoms with van der Waals surface area (Å²) in [5, 5.41) is 5.13. The molecule has 3 nitrogen and oxygen atoms in total. The van der Waals surface area contributed by atoms with Gasteiger partial charge in [-0.15, -0.1) is 0 Å². The van der Waals surface area contributed by atoms with Gasteiger partial charge < -0.3 is 5.32 Å². The summed E-state index contributed by atoms with van der Waals surface area (Å²) in [6, 6.07) is 12.1. The standard InChI is InChI=1S/C15H18BrNO2S/c1-11(2)20(18,19)8-7-17-15-6-4-12-9-14(16)5-3-13(12)10-15/h3-6,9-11,17H,7-8H2,1-2H3. The smallest absolute Gasteiger partial charge is 0.154 e. The van der Waals surface area contributed by atoms with E-state index in [4.69, 9.17) is 0 Å². The zero-order valence-electron chi connectivity index (χ0n) is 11.6. The summed E-state index contributed by atoms with van der Waals surface area (Å²) in [4.78, 5) is 0. The molecule has 0 heterocycles. The second-order valence-electron chi connectivity index (χ2n) is 5.05. The highest BCUT2D eigenvalue weighted by Gasteiger charge is 2.14. The normalized spacial score (nSPS) is 12.0. The molecule has 0 spiro atoms. The van der Waals surface area contributed by atoms with Crippen molar-refractivity contribution in [2.45, 2.75) is 19.1 Å². The minimum absolute atomic E-state index is 0.156. The van der Waals surface area contributed by atoms with Gasteiger partial charge in [-0.25, -0.2) is 8.42 Å². The fourth-order valence-corrected chi connectivity index (χ4v) is 3.14. The first-order valence-corrected chi connectivity index (χ1v) is 9.04. The third kappa shape index (κ3) is 3.73. The molecule has 0 aliphatic carbocycles. The lowest BCUT2D eigenvalue weighted by Crippen LogP contribution is -2.22. The Morgan fingerprint density at radius 2 is 1.75 bits per heavy atom. The summed E-state index contributed by atoms with van der Waals surface area (Å²) in [6.45, 7) is 3.86. The number of rotatable bonds is 5. The Balaban J connectivity index is 2.06. The van der Waals surface area contributed by atoms with E-state index in [1.54, 1.807) is 13.8 Å². The Morgan fingerprint density at radius 1 is 1.10 bits per heavy atom. The number of anilines is 1. The first kappa shape index (κ1) is 15.3. The summed E-state index contributed by atoms with van der Waals surface area (Å²) in [5.41, 5.74) is 0.943. The molecule has 0 fully saturated rings. The quantitative estimate of drug-likeness (QED) is 0.886. The van der Waals surface area contributed by atoms with Gasteiger partial charge in [0.2, 0.25) is 0 Å². The molecule has 0 radical (unpaired) electrons. The van der Waals surface area contributed by atoms with Crippen LogP contribution in [-0.4, -0.2) is 26.0 Å². The Bertz CT molecular complexity index is 711. The molecular formula is C15H18BrNO2S. The monoisotopic (exact) mass is 355 g/mol. The van der Waals surface area contributed by atoms with Crippen molar-refractivity contribution in [2.75, 3.05) is 17.6 Å². The maximum Gasteiger partial charge on any atom is 0.154 e. The van der Waals surface area contributed by atoms with Crippen molar-refractivity contribution >= 4 is 42.2 Å². The van der Waals surface area contributed by atoms with Gasteiger partial charge in [-0.05, 0) is 48.9 Å². The summed E-state index contributed by atoms with van der Waals surface area (Å²) in [5.74, 6) is 0.156. The van der Waals surface area contributed by atoms with Crippen LogP contribution in [-0.2, 0) is 9.84 Å². The number of hydrogen-bond donors (Lipinski definition) is 1. The van der Waals surface area contributed by atoms with Gasteiger partial charge in [0.1, 0.15) is 0 Å². The molecule has 2 rings (SSSR count). The molecule has 0 saturated carbocycles. The van der Waals surface area contributed by atoms with Gasteiger partial charge in [0.25, 0.3) is 0 Å². The lowest BCUT2D eigenvalue weighted by molar-refractivity contribution is 0.588. The minimum Gasteiger partial charge on any atom is -0.384 e. The Hall–Kier alpha value is -1.07. The van der Waals surface area contributed by atoms with Crippen LogP contribution in [0.4, 0.5) is 5.69 Å². The molecule has 108 valence electrons. The van der Waals surface area contributed by atoms with Gasteiger partial charge in [0.15, 0.2) is 9.84 Å². The molecule has 0 aliphatic rings. The van der Waals surface area contributed by atoms with Crippen LogP contribution in [0.25, 0.3) is 10.8 Å². The lowest BCUT2D eigenvalue weighted by Gasteiger charge is -2.10. The number of benzene rings is 2. The van der Waals surface area contributed by atoms with E-state index in [2.05, 4.69) is 27.3 Å². The predicted octanol–water partition coefficient (Wildman–Crippen LogP) is 3.84. The van der Waals surface area contributed by atoms with Crippen LogP contribution in [0.5, 0.6) is 0 Å². The molecule has 0 atom stereocenters. The molecular weight excluding hydrogens is 338 g/mol. The SMILES string of the molecule is CC(C)S(=O)(=O)CCNc1ccc2cc(Br)ccc2c1. The molecule has 0 saturated heterocycles. The molecule has 0 bridgehead atoms. The van der Waals surface area contributed by atoms with Crippen LogP contribution < -0.4 is 5.32 Å². The number of fused-ring (bicyclic) bond motifs is 1. The van der Waals surface area contributed by atoms with Crippen LogP contribution in [0.2, 0.25) is 0 Å². The van der Waals surface area contributed by atoms with Gasteiger partial charge in [0.05, 0.1) is 11.0 Å². The van der Waals surface area contributed by atoms with E-state index in [-0.39, 0.29) is 11.0 Å². The molecule has 0 aliphatic heterocycles. The fourth-order valence-electron chi connectivity index (χ4n) is 1.90. The average molecular weight is 356 g/mol. The van der Waals surface area contributed by atoms with Crippen molar-refractivity contribution in [3.8, 4) is 0 Å². The third-order valence-electron chi connectivity index (χ3n) is 3.24. The average Bonchev–Trinajstić information content (AvgIpc) is 2.38. The number of hydrogen-bond acceptors (Lipinski definition) is 3. The zero-order chi connectivity index (χ0) is 14.8. The summed E-state index contributed by atoms with van der Waals surface area (Å²) in [6.07, 6.45) is 0. The summed E-state index contributed by atoms with van der Waals surface area (Å²) in [7, 11) is -2.99. The Morgan fingerprint density at radius 3 is 2.45 bits per heavy atom. The van der Waals surface area contributed by atoms with Crippen molar-refractivity contribution < 1.29 is 8.42 Å². The Kier molecular flexibility index (Phi) is 4.70. The van der Waals surface area contributed by atoms with Crippen LogP contribution >= 0.6 is 15.9 Å². The van der Waals surface area contributed by atoms with Crippen LogP contribution in [0.1, 0.15) is 13.8 Å². The van der Waals surface area contributed by atoms with Crippen molar-refractivity contribution in [2.24, 2.45) is 0 Å². The molecule has 0 unspecified atom stereocenters. The van der Waals surface area contributed by atoms with E-state index in [1.165, 1.54) is 0 Å². The number of sulfone groups is 1. The third-order valence-corrected chi connectivity index (χ3v) is 5.94. The first-order valence-electron chi connectivity index (χ1n) is 6.53. The van der Waals surface area contributed by atoms with Gasteiger partial charge in [0, 0.05) is 16.7 Å². The van der Waals surface area contributed by atoms with Crippen molar-refractivity contribution in [3.05, 3.63) is 40.9 Å². The van der Waals surface area contributed by atoms with Crippen LogP contribution in [0.3, 0.4) is 0 Å². The van der Waals surface area contributed by atoms with Gasteiger partial charge in [-0.2, -0.15) is 0 Å². The second-order valence-corrected chi connectivity index (χ2v) is 8.64. The zero-order valence-corrected chi connectivity index (χ0v) is 14.0. The molecule has 5 heteroatoms. The molecule has 2 aromatic carbocycles. The van der Waals surface area contributed by atoms with Gasteiger partial charge >= 0.3 is 0 Å². The largest absolute Gasteiger partial charge is 0.384 e. The summed E-state index contributed by atoms with van der Waals surface area (Å²) < 4.78 is 24.5. The molecule has 1 N–H and O–H groups in total. The van der Waals surface area contributed by atoms with Crippen LogP contribution in [0, 0.1) is 0 Å². The number of halogens is 1. The fraction of sp³-hybridized carbons (Fsp3) is 0.333. The van der Waals surface area contributed by atoms with E-state index < -0.39 is 9.84 Å². The van der Waals surface area contributed by atoms with E-state index in [1.807, 2.05) is 30.3 Å². The number of nitrogens with one attached hydrogen (secondary N) is 1. The predicted molar refractivity (Wildman–Crippen MR) is 89.1 cm³/mol.